The lowest BCUT2D eigenvalue weighted by atomic mass is 10.0. The summed E-state index contributed by atoms with van der Waals surface area (Å²) in [5, 5.41) is 9.69. The van der Waals surface area contributed by atoms with Crippen LogP contribution in [0.3, 0.4) is 0 Å². The monoisotopic (exact) mass is 1020 g/mol. The van der Waals surface area contributed by atoms with Gasteiger partial charge in [-0.2, -0.15) is 0 Å². The molecule has 73 heavy (non-hydrogen) atoms. The number of nitrogens with zero attached hydrogens (tertiary/aromatic N) is 1. The number of allylic oxidation sites excluding steroid dienone is 14. The van der Waals surface area contributed by atoms with Gasteiger partial charge in [0.1, 0.15) is 13.2 Å². The van der Waals surface area contributed by atoms with E-state index in [0.717, 1.165) is 96.3 Å². The Hall–Kier alpha value is -3.53. The van der Waals surface area contributed by atoms with Crippen molar-refractivity contribution in [2.45, 2.75) is 257 Å². The standard InChI is InChI=1S/C64H111NO8/c1-6-8-10-12-14-16-18-20-21-22-23-24-25-26-27-28-29-30-31-32-33-34-35-36-37-38-39-40-41-43-45-47-49-51-53-55-62(67)73-60(59-72-64(63(68)69)70-57-56-65(3,4)5)58-71-61(66)54-52-50-48-46-44-42-19-17-15-13-11-9-7-2/h8,10,14,16-17,19-21,23-24,26-27,29-30,60,64H,6-7,9,11-13,15,18,22,25,28,31-59H2,1-5H3/p+1/b10-8-,16-14-,19-17-,21-20-,24-23-,27-26-,30-29-. The second-order valence-electron chi connectivity index (χ2n) is 20.9. The predicted octanol–water partition coefficient (Wildman–Crippen LogP) is 17.6. The van der Waals surface area contributed by atoms with Gasteiger partial charge in [0, 0.05) is 12.8 Å². The Kier molecular flexibility index (Phi) is 52.1. The second-order valence-corrected chi connectivity index (χ2v) is 20.9. The van der Waals surface area contributed by atoms with Crippen LogP contribution in [0, 0.1) is 0 Å². The summed E-state index contributed by atoms with van der Waals surface area (Å²) in [5.74, 6) is -2.01. The number of carbonyl (C=O) groups is 3. The minimum Gasteiger partial charge on any atom is -0.477 e. The van der Waals surface area contributed by atoms with Crippen LogP contribution >= 0.6 is 0 Å². The quantitative estimate of drug-likeness (QED) is 0.0211. The third-order valence-electron chi connectivity index (χ3n) is 12.6. The fraction of sp³-hybridized carbons (Fsp3) is 0.734. The summed E-state index contributed by atoms with van der Waals surface area (Å²) in [6, 6.07) is 0. The summed E-state index contributed by atoms with van der Waals surface area (Å²) in [6.07, 6.45) is 69.6. The van der Waals surface area contributed by atoms with E-state index in [1.165, 1.54) is 122 Å². The molecule has 0 aliphatic rings. The highest BCUT2D eigenvalue weighted by Gasteiger charge is 2.25. The van der Waals surface area contributed by atoms with E-state index in [-0.39, 0.29) is 32.2 Å². The molecule has 0 rings (SSSR count). The zero-order chi connectivity index (χ0) is 53.4. The van der Waals surface area contributed by atoms with Gasteiger partial charge in [0.05, 0.1) is 34.4 Å². The minimum atomic E-state index is -1.51. The van der Waals surface area contributed by atoms with Crippen LogP contribution in [-0.4, -0.2) is 87.4 Å². The van der Waals surface area contributed by atoms with Gasteiger partial charge in [-0.3, -0.25) is 9.59 Å². The van der Waals surface area contributed by atoms with Gasteiger partial charge in [-0.1, -0.05) is 227 Å². The molecule has 9 heteroatoms. The molecule has 1 N–H and O–H groups in total. The van der Waals surface area contributed by atoms with Crippen LogP contribution in [0.4, 0.5) is 0 Å². The SMILES string of the molecule is CC/C=C\C/C=C\C/C=C\C/C=C\C/C=C\C/C=C\CCCCCCCCCCCCCCCCCCC(=O)OC(COC(=O)CCCCCCC/C=C\CCCCCC)COC(OCC[N+](C)(C)C)C(=O)O. The fourth-order valence-corrected chi connectivity index (χ4v) is 8.07. The summed E-state index contributed by atoms with van der Waals surface area (Å²) < 4.78 is 22.8. The number of hydrogen-bond donors (Lipinski definition) is 1. The first-order valence-corrected chi connectivity index (χ1v) is 29.8. The normalized spacial score (nSPS) is 13.4. The van der Waals surface area contributed by atoms with Crippen molar-refractivity contribution in [3.05, 3.63) is 85.1 Å². The first kappa shape index (κ1) is 69.5. The van der Waals surface area contributed by atoms with Gasteiger partial charge in [-0.05, 0) is 89.9 Å². The molecule has 0 aromatic rings. The molecule has 0 radical (unpaired) electrons. The summed E-state index contributed by atoms with van der Waals surface area (Å²) in [4.78, 5) is 37.3. The highest BCUT2D eigenvalue weighted by atomic mass is 16.7. The molecule has 0 heterocycles. The van der Waals surface area contributed by atoms with E-state index in [2.05, 4.69) is 98.9 Å². The molecular weight excluding hydrogens is 911 g/mol. The molecule has 0 amide bonds. The Morgan fingerprint density at radius 2 is 0.781 bits per heavy atom. The Balaban J connectivity index is 4.09. The van der Waals surface area contributed by atoms with Gasteiger partial charge in [-0.15, -0.1) is 0 Å². The molecule has 0 saturated carbocycles. The van der Waals surface area contributed by atoms with Gasteiger partial charge in [0.2, 0.25) is 0 Å². The molecule has 0 fully saturated rings. The number of quaternary nitrogens is 1. The molecule has 0 spiro atoms. The van der Waals surface area contributed by atoms with Crippen LogP contribution < -0.4 is 0 Å². The minimum absolute atomic E-state index is 0.185. The van der Waals surface area contributed by atoms with E-state index in [0.29, 0.717) is 17.4 Å². The van der Waals surface area contributed by atoms with E-state index in [1.807, 2.05) is 21.1 Å². The van der Waals surface area contributed by atoms with Crippen LogP contribution in [0.15, 0.2) is 85.1 Å². The van der Waals surface area contributed by atoms with Gasteiger partial charge >= 0.3 is 17.9 Å². The highest BCUT2D eigenvalue weighted by Crippen LogP contribution is 2.16. The Morgan fingerprint density at radius 1 is 0.425 bits per heavy atom. The molecule has 0 saturated heterocycles. The van der Waals surface area contributed by atoms with Crippen LogP contribution in [0.25, 0.3) is 0 Å². The van der Waals surface area contributed by atoms with Crippen molar-refractivity contribution in [2.24, 2.45) is 0 Å². The lowest BCUT2D eigenvalue weighted by Gasteiger charge is -2.25. The Morgan fingerprint density at radius 3 is 1.18 bits per heavy atom. The number of carboxylic acid groups (broad SMARTS) is 1. The number of rotatable bonds is 54. The number of unbranched alkanes of at least 4 members (excludes halogenated alkanes) is 25. The number of esters is 2. The Bertz CT molecular complexity index is 1470. The largest absolute Gasteiger partial charge is 0.477 e. The Labute approximate surface area is 449 Å². The van der Waals surface area contributed by atoms with Crippen LogP contribution in [0.5, 0.6) is 0 Å². The summed E-state index contributed by atoms with van der Waals surface area (Å²) in [7, 11) is 5.96. The van der Waals surface area contributed by atoms with Crippen molar-refractivity contribution >= 4 is 17.9 Å². The fourth-order valence-electron chi connectivity index (χ4n) is 8.07. The van der Waals surface area contributed by atoms with Crippen LogP contribution in [0.1, 0.15) is 245 Å². The van der Waals surface area contributed by atoms with E-state index in [9.17, 15) is 19.5 Å². The second kappa shape index (κ2) is 54.7. The van der Waals surface area contributed by atoms with Crippen molar-refractivity contribution < 1.29 is 42.9 Å². The number of hydrogen-bond acceptors (Lipinski definition) is 7. The number of likely N-dealkylation sites (N-methyl/N-ethyl adjacent to an activating group) is 1. The lowest BCUT2D eigenvalue weighted by Crippen LogP contribution is -2.40. The van der Waals surface area contributed by atoms with Crippen LogP contribution in [-0.2, 0) is 33.3 Å². The summed E-state index contributed by atoms with van der Waals surface area (Å²) in [5.41, 5.74) is 0. The van der Waals surface area contributed by atoms with E-state index in [4.69, 9.17) is 18.9 Å². The topological polar surface area (TPSA) is 108 Å². The van der Waals surface area contributed by atoms with Crippen LogP contribution in [0.2, 0.25) is 0 Å². The lowest BCUT2D eigenvalue weighted by molar-refractivity contribution is -0.870. The molecule has 0 aromatic carbocycles. The third-order valence-corrected chi connectivity index (χ3v) is 12.6. The molecule has 0 aliphatic carbocycles. The van der Waals surface area contributed by atoms with Crippen molar-refractivity contribution in [3.63, 3.8) is 0 Å². The van der Waals surface area contributed by atoms with Crippen molar-refractivity contribution in [1.29, 1.82) is 0 Å². The number of aliphatic carboxylic acids is 1. The van der Waals surface area contributed by atoms with Gasteiger partial charge in [-0.25, -0.2) is 4.79 Å². The van der Waals surface area contributed by atoms with E-state index in [1.54, 1.807) is 0 Å². The zero-order valence-corrected chi connectivity index (χ0v) is 47.8. The van der Waals surface area contributed by atoms with E-state index >= 15 is 0 Å². The van der Waals surface area contributed by atoms with Gasteiger partial charge < -0.3 is 28.5 Å². The summed E-state index contributed by atoms with van der Waals surface area (Å²) in [6.45, 7) is 4.74. The van der Waals surface area contributed by atoms with Crippen molar-refractivity contribution in [3.8, 4) is 0 Å². The van der Waals surface area contributed by atoms with E-state index < -0.39 is 24.3 Å². The van der Waals surface area contributed by atoms with Crippen molar-refractivity contribution in [1.82, 2.24) is 0 Å². The first-order valence-electron chi connectivity index (χ1n) is 29.8. The molecule has 2 unspecified atom stereocenters. The predicted molar refractivity (Wildman–Crippen MR) is 309 cm³/mol. The molecule has 0 aromatic heterocycles. The maximum Gasteiger partial charge on any atom is 0.361 e. The molecule has 420 valence electrons. The van der Waals surface area contributed by atoms with Gasteiger partial charge in [0.15, 0.2) is 6.10 Å². The maximum atomic E-state index is 12.9. The number of ether oxygens (including phenoxy) is 4. The molecular formula is C64H112NO8+. The smallest absolute Gasteiger partial charge is 0.361 e. The number of carboxylic acids is 1. The molecule has 2 atom stereocenters. The van der Waals surface area contributed by atoms with Gasteiger partial charge in [0.25, 0.3) is 6.29 Å². The average molecular weight is 1020 g/mol. The zero-order valence-electron chi connectivity index (χ0n) is 47.8. The molecule has 9 nitrogen and oxygen atoms in total. The summed E-state index contributed by atoms with van der Waals surface area (Å²) >= 11 is 0. The first-order chi connectivity index (χ1) is 35.6. The highest BCUT2D eigenvalue weighted by molar-refractivity contribution is 5.71. The molecule has 0 aliphatic heterocycles. The third kappa shape index (κ3) is 56.0. The molecule has 0 bridgehead atoms. The maximum absolute atomic E-state index is 12.9. The number of carbonyl (C=O) groups excluding carboxylic acids is 2. The van der Waals surface area contributed by atoms with Crippen molar-refractivity contribution in [2.75, 3.05) is 47.5 Å². The average Bonchev–Trinajstić information content (AvgIpc) is 3.36.